The van der Waals surface area contributed by atoms with Crippen LogP contribution in [0.25, 0.3) is 0 Å². The van der Waals surface area contributed by atoms with E-state index in [1.165, 1.54) is 6.20 Å². The lowest BCUT2D eigenvalue weighted by molar-refractivity contribution is 0.0791. The Kier molecular flexibility index (Phi) is 5.39. The van der Waals surface area contributed by atoms with Gasteiger partial charge in [0.1, 0.15) is 10.8 Å². The minimum absolute atomic E-state index is 0.0371. The fraction of sp³-hybridized carbons (Fsp3) is 0.190. The lowest BCUT2D eigenvalue weighted by Crippen LogP contribution is -2.31. The van der Waals surface area contributed by atoms with E-state index in [4.69, 9.17) is 16.3 Å². The third kappa shape index (κ3) is 4.23. The number of aromatic nitrogens is 2. The molecule has 6 nitrogen and oxygen atoms in total. The number of nitrogens with zero attached hydrogens (tertiary/aromatic N) is 3. The highest BCUT2D eigenvalue weighted by Gasteiger charge is 2.27. The van der Waals surface area contributed by atoms with Crippen molar-refractivity contribution in [2.24, 2.45) is 0 Å². The van der Waals surface area contributed by atoms with Crippen molar-refractivity contribution in [1.82, 2.24) is 14.9 Å². The molecule has 2 aromatic carbocycles. The molecule has 0 saturated carbocycles. The zero-order chi connectivity index (χ0) is 19.3. The average molecular weight is 395 g/mol. The van der Waals surface area contributed by atoms with Crippen molar-refractivity contribution in [3.63, 3.8) is 0 Å². The summed E-state index contributed by atoms with van der Waals surface area (Å²) in [5.74, 6) is 1.40. The predicted octanol–water partition coefficient (Wildman–Crippen LogP) is 4.25. The Morgan fingerprint density at radius 3 is 2.57 bits per heavy atom. The van der Waals surface area contributed by atoms with E-state index in [1.807, 2.05) is 65.6 Å². The number of ether oxygens (including phenoxy) is 1. The Labute approximate surface area is 168 Å². The number of halogens is 1. The molecule has 1 amide bonds. The molecule has 28 heavy (non-hydrogen) atoms. The number of hydrogen-bond acceptors (Lipinski definition) is 5. The molecule has 1 atom stereocenters. The molecule has 0 spiro atoms. The van der Waals surface area contributed by atoms with Crippen molar-refractivity contribution < 1.29 is 9.53 Å². The highest BCUT2D eigenvalue weighted by atomic mass is 35.5. The Morgan fingerprint density at radius 2 is 1.82 bits per heavy atom. The Balaban J connectivity index is 1.41. The molecule has 4 rings (SSSR count). The Bertz CT molecular complexity index is 953. The first-order valence-corrected chi connectivity index (χ1v) is 9.43. The summed E-state index contributed by atoms with van der Waals surface area (Å²) in [6.07, 6.45) is 2.33. The molecular weight excluding hydrogens is 376 g/mol. The number of hydrogen-bond donors (Lipinski definition) is 1. The van der Waals surface area contributed by atoms with E-state index >= 15 is 0 Å². The van der Waals surface area contributed by atoms with Crippen LogP contribution in [0.3, 0.4) is 0 Å². The van der Waals surface area contributed by atoms with Crippen molar-refractivity contribution in [1.29, 1.82) is 0 Å². The maximum Gasteiger partial charge on any atom is 0.253 e. The van der Waals surface area contributed by atoms with Gasteiger partial charge in [0.05, 0.1) is 6.20 Å². The van der Waals surface area contributed by atoms with Crippen LogP contribution < -0.4 is 10.1 Å². The zero-order valence-corrected chi connectivity index (χ0v) is 15.8. The number of nitrogens with one attached hydrogen (secondary N) is 1. The summed E-state index contributed by atoms with van der Waals surface area (Å²) in [7, 11) is 0. The molecule has 1 aliphatic rings. The van der Waals surface area contributed by atoms with Crippen LogP contribution in [0.1, 0.15) is 16.8 Å². The summed E-state index contributed by atoms with van der Waals surface area (Å²) < 4.78 is 5.74. The Morgan fingerprint density at radius 1 is 1.11 bits per heavy atom. The van der Waals surface area contributed by atoms with E-state index in [2.05, 4.69) is 15.3 Å². The molecule has 1 aromatic heterocycles. The maximum atomic E-state index is 12.6. The van der Waals surface area contributed by atoms with Crippen molar-refractivity contribution in [3.05, 3.63) is 77.4 Å². The number of carbonyl (C=O) groups is 1. The monoisotopic (exact) mass is 394 g/mol. The van der Waals surface area contributed by atoms with Gasteiger partial charge in [-0.05, 0) is 30.7 Å². The third-order valence-electron chi connectivity index (χ3n) is 4.50. The third-order valence-corrected chi connectivity index (χ3v) is 4.76. The predicted molar refractivity (Wildman–Crippen MR) is 108 cm³/mol. The molecule has 142 valence electrons. The molecule has 1 aliphatic heterocycles. The van der Waals surface area contributed by atoms with Crippen LogP contribution >= 0.6 is 11.6 Å². The van der Waals surface area contributed by atoms with Gasteiger partial charge in [0.25, 0.3) is 5.91 Å². The number of anilines is 1. The van der Waals surface area contributed by atoms with E-state index in [9.17, 15) is 4.79 Å². The van der Waals surface area contributed by atoms with Crippen LogP contribution in [0.15, 0.2) is 66.9 Å². The number of rotatable bonds is 5. The summed E-state index contributed by atoms with van der Waals surface area (Å²) in [5.41, 5.74) is 0.699. The van der Waals surface area contributed by atoms with Crippen LogP contribution in [0, 0.1) is 0 Å². The lowest BCUT2D eigenvalue weighted by Gasteiger charge is -2.17. The first-order valence-electron chi connectivity index (χ1n) is 9.05. The number of benzene rings is 2. The van der Waals surface area contributed by atoms with Gasteiger partial charge >= 0.3 is 0 Å². The summed E-state index contributed by atoms with van der Waals surface area (Å²) in [4.78, 5) is 23.0. The molecule has 7 heteroatoms. The van der Waals surface area contributed by atoms with Gasteiger partial charge in [0.2, 0.25) is 11.8 Å². The highest BCUT2D eigenvalue weighted by molar-refractivity contribution is 6.31. The molecule has 1 fully saturated rings. The zero-order valence-electron chi connectivity index (χ0n) is 15.1. The van der Waals surface area contributed by atoms with Gasteiger partial charge in [-0.3, -0.25) is 4.79 Å². The van der Waals surface area contributed by atoms with Gasteiger partial charge in [-0.1, -0.05) is 48.0 Å². The first-order chi connectivity index (χ1) is 13.7. The molecule has 2 heterocycles. The number of para-hydroxylation sites is 1. The molecule has 1 saturated heterocycles. The molecule has 0 radical (unpaired) electrons. The number of likely N-dealkylation sites (tertiary alicyclic amines) is 1. The second kappa shape index (κ2) is 8.27. The second-order valence-corrected chi connectivity index (χ2v) is 6.92. The van der Waals surface area contributed by atoms with E-state index in [0.717, 1.165) is 6.42 Å². The highest BCUT2D eigenvalue weighted by Crippen LogP contribution is 2.28. The standard InChI is InChI=1S/C21H19ClN4O2/c22-18-13-23-21(25-19(18)28-17-9-5-2-6-10-17)24-16-11-12-26(14-16)20(27)15-7-3-1-4-8-15/h1-10,13,16H,11-12,14H2,(H,23,24,25). The van der Waals surface area contributed by atoms with E-state index < -0.39 is 0 Å². The minimum Gasteiger partial charge on any atom is -0.437 e. The van der Waals surface area contributed by atoms with Gasteiger partial charge in [-0.2, -0.15) is 4.98 Å². The van der Waals surface area contributed by atoms with Gasteiger partial charge in [-0.25, -0.2) is 4.98 Å². The molecular formula is C21H19ClN4O2. The molecule has 1 N–H and O–H groups in total. The number of carbonyl (C=O) groups excluding carboxylic acids is 1. The fourth-order valence-corrected chi connectivity index (χ4v) is 3.23. The van der Waals surface area contributed by atoms with E-state index in [0.29, 0.717) is 41.3 Å². The van der Waals surface area contributed by atoms with Crippen LogP contribution in [0.4, 0.5) is 5.95 Å². The van der Waals surface area contributed by atoms with Crippen LogP contribution in [-0.4, -0.2) is 39.9 Å². The Hall–Kier alpha value is -3.12. The quantitative estimate of drug-likeness (QED) is 0.700. The van der Waals surface area contributed by atoms with Crippen molar-refractivity contribution in [2.75, 3.05) is 18.4 Å². The minimum atomic E-state index is 0.0371. The normalized spacial score (nSPS) is 16.0. The largest absolute Gasteiger partial charge is 0.437 e. The van der Waals surface area contributed by atoms with E-state index in [1.54, 1.807) is 0 Å². The summed E-state index contributed by atoms with van der Waals surface area (Å²) >= 11 is 6.16. The van der Waals surface area contributed by atoms with Crippen LogP contribution in [0.2, 0.25) is 5.02 Å². The molecule has 1 unspecified atom stereocenters. The van der Waals surface area contributed by atoms with E-state index in [-0.39, 0.29) is 11.9 Å². The van der Waals surface area contributed by atoms with Gasteiger partial charge < -0.3 is 15.0 Å². The van der Waals surface area contributed by atoms with Crippen LogP contribution in [0.5, 0.6) is 11.6 Å². The summed E-state index contributed by atoms with van der Waals surface area (Å²) in [6, 6.07) is 18.7. The van der Waals surface area contributed by atoms with Gasteiger partial charge in [0, 0.05) is 24.7 Å². The SMILES string of the molecule is O=C(c1ccccc1)N1CCC(Nc2ncc(Cl)c(Oc3ccccc3)n2)C1. The van der Waals surface area contributed by atoms with Crippen LogP contribution in [-0.2, 0) is 0 Å². The number of amides is 1. The van der Waals surface area contributed by atoms with Crippen molar-refractivity contribution in [2.45, 2.75) is 12.5 Å². The topological polar surface area (TPSA) is 67.4 Å². The lowest BCUT2D eigenvalue weighted by atomic mass is 10.2. The second-order valence-electron chi connectivity index (χ2n) is 6.51. The van der Waals surface area contributed by atoms with Crippen molar-refractivity contribution in [3.8, 4) is 11.6 Å². The molecule has 0 bridgehead atoms. The first kappa shape index (κ1) is 18.3. The summed E-state index contributed by atoms with van der Waals surface area (Å²) in [5, 5.41) is 3.61. The van der Waals surface area contributed by atoms with Crippen molar-refractivity contribution >= 4 is 23.5 Å². The average Bonchev–Trinajstić information content (AvgIpc) is 3.20. The van der Waals surface area contributed by atoms with Gasteiger partial charge in [0.15, 0.2) is 0 Å². The van der Waals surface area contributed by atoms with Gasteiger partial charge in [-0.15, -0.1) is 0 Å². The molecule has 3 aromatic rings. The maximum absolute atomic E-state index is 12.6. The summed E-state index contributed by atoms with van der Waals surface area (Å²) in [6.45, 7) is 1.28. The molecule has 0 aliphatic carbocycles. The fourth-order valence-electron chi connectivity index (χ4n) is 3.10. The smallest absolute Gasteiger partial charge is 0.253 e.